The summed E-state index contributed by atoms with van der Waals surface area (Å²) in [6.45, 7) is 3.18. The average Bonchev–Trinajstić information content (AvgIpc) is 2.81. The SMILES string of the molecule is NCCCNCC1(CCO)CC1. The Kier molecular flexibility index (Phi) is 3.98. The van der Waals surface area contributed by atoms with Crippen LogP contribution in [-0.2, 0) is 0 Å². The monoisotopic (exact) mass is 172 g/mol. The molecule has 0 radical (unpaired) electrons. The van der Waals surface area contributed by atoms with Gasteiger partial charge in [0.1, 0.15) is 0 Å². The molecule has 0 unspecified atom stereocenters. The normalized spacial score (nSPS) is 19.5. The van der Waals surface area contributed by atoms with Gasteiger partial charge in [-0.1, -0.05) is 0 Å². The molecule has 0 amide bonds. The molecule has 0 aromatic heterocycles. The third kappa shape index (κ3) is 3.09. The second-order valence-electron chi connectivity index (χ2n) is 3.79. The predicted octanol–water partition coefficient (Wildman–Crippen LogP) is 0.0874. The smallest absolute Gasteiger partial charge is 0.0436 e. The van der Waals surface area contributed by atoms with Gasteiger partial charge in [0.25, 0.3) is 0 Å². The number of nitrogens with two attached hydrogens (primary N) is 1. The lowest BCUT2D eigenvalue weighted by Crippen LogP contribution is -2.26. The molecule has 0 spiro atoms. The Morgan fingerprint density at radius 2 is 2.17 bits per heavy atom. The van der Waals surface area contributed by atoms with Gasteiger partial charge in [-0.2, -0.15) is 0 Å². The maximum Gasteiger partial charge on any atom is 0.0436 e. The predicted molar refractivity (Wildman–Crippen MR) is 49.9 cm³/mol. The number of hydrogen-bond acceptors (Lipinski definition) is 3. The van der Waals surface area contributed by atoms with Gasteiger partial charge in [-0.3, -0.25) is 0 Å². The third-order valence-corrected chi connectivity index (χ3v) is 2.66. The number of rotatable bonds is 7. The molecule has 1 aliphatic rings. The zero-order valence-corrected chi connectivity index (χ0v) is 7.68. The van der Waals surface area contributed by atoms with Gasteiger partial charge in [-0.15, -0.1) is 0 Å². The lowest BCUT2D eigenvalue weighted by molar-refractivity contribution is 0.245. The van der Waals surface area contributed by atoms with Crippen LogP contribution in [0.3, 0.4) is 0 Å². The van der Waals surface area contributed by atoms with E-state index in [9.17, 15) is 0 Å². The fourth-order valence-corrected chi connectivity index (χ4v) is 1.51. The Morgan fingerprint density at radius 1 is 1.42 bits per heavy atom. The van der Waals surface area contributed by atoms with E-state index in [2.05, 4.69) is 5.32 Å². The van der Waals surface area contributed by atoms with E-state index in [1.54, 1.807) is 0 Å². The zero-order chi connectivity index (χ0) is 8.86. The van der Waals surface area contributed by atoms with Crippen molar-refractivity contribution < 1.29 is 5.11 Å². The number of aliphatic hydroxyl groups is 1. The Morgan fingerprint density at radius 3 is 2.67 bits per heavy atom. The molecule has 1 aliphatic carbocycles. The number of hydrogen-bond donors (Lipinski definition) is 3. The van der Waals surface area contributed by atoms with Crippen LogP contribution >= 0.6 is 0 Å². The molecule has 1 saturated carbocycles. The summed E-state index contributed by atoms with van der Waals surface area (Å²) in [5.74, 6) is 0. The van der Waals surface area contributed by atoms with E-state index in [4.69, 9.17) is 10.8 Å². The van der Waals surface area contributed by atoms with Crippen molar-refractivity contribution in [1.29, 1.82) is 0 Å². The Balaban J connectivity index is 1.98. The second kappa shape index (κ2) is 4.80. The van der Waals surface area contributed by atoms with E-state index in [0.717, 1.165) is 32.5 Å². The van der Waals surface area contributed by atoms with Crippen molar-refractivity contribution in [2.75, 3.05) is 26.2 Å². The van der Waals surface area contributed by atoms with Crippen molar-refractivity contribution >= 4 is 0 Å². The summed E-state index contributed by atoms with van der Waals surface area (Å²) in [7, 11) is 0. The van der Waals surface area contributed by atoms with Crippen LogP contribution in [0.5, 0.6) is 0 Å². The van der Waals surface area contributed by atoms with Crippen molar-refractivity contribution in [3.05, 3.63) is 0 Å². The molecule has 0 aromatic rings. The first kappa shape index (κ1) is 9.96. The topological polar surface area (TPSA) is 58.3 Å². The Hall–Kier alpha value is -0.120. The molecule has 0 saturated heterocycles. The molecule has 0 atom stereocenters. The standard InChI is InChI=1S/C9H20N2O/c10-5-1-6-11-8-9(2-3-9)4-7-12/h11-12H,1-8,10H2. The van der Waals surface area contributed by atoms with Crippen LogP contribution in [0.15, 0.2) is 0 Å². The van der Waals surface area contributed by atoms with Gasteiger partial charge < -0.3 is 16.2 Å². The second-order valence-corrected chi connectivity index (χ2v) is 3.79. The molecule has 3 heteroatoms. The molecular formula is C9H20N2O. The summed E-state index contributed by atoms with van der Waals surface area (Å²) in [4.78, 5) is 0. The van der Waals surface area contributed by atoms with E-state index < -0.39 is 0 Å². The lowest BCUT2D eigenvalue weighted by atomic mass is 10.0. The first-order valence-corrected chi connectivity index (χ1v) is 4.85. The van der Waals surface area contributed by atoms with Gasteiger partial charge in [0, 0.05) is 13.2 Å². The molecule has 1 fully saturated rings. The molecule has 72 valence electrons. The van der Waals surface area contributed by atoms with Gasteiger partial charge >= 0.3 is 0 Å². The summed E-state index contributed by atoms with van der Waals surface area (Å²) in [6.07, 6.45) is 4.57. The molecule has 1 rings (SSSR count). The van der Waals surface area contributed by atoms with Crippen molar-refractivity contribution in [2.24, 2.45) is 11.1 Å². The van der Waals surface area contributed by atoms with Crippen LogP contribution in [0.2, 0.25) is 0 Å². The van der Waals surface area contributed by atoms with Crippen LogP contribution in [0.4, 0.5) is 0 Å². The maximum absolute atomic E-state index is 8.80. The van der Waals surface area contributed by atoms with E-state index in [1.807, 2.05) is 0 Å². The summed E-state index contributed by atoms with van der Waals surface area (Å²) in [6, 6.07) is 0. The maximum atomic E-state index is 8.80. The largest absolute Gasteiger partial charge is 0.396 e. The summed E-state index contributed by atoms with van der Waals surface area (Å²) >= 11 is 0. The molecular weight excluding hydrogens is 152 g/mol. The highest BCUT2D eigenvalue weighted by molar-refractivity contribution is 4.94. The summed E-state index contributed by atoms with van der Waals surface area (Å²) in [5, 5.41) is 12.2. The van der Waals surface area contributed by atoms with Gasteiger partial charge in [-0.05, 0) is 44.2 Å². The summed E-state index contributed by atoms with van der Waals surface area (Å²) < 4.78 is 0. The Bertz CT molecular complexity index is 124. The molecule has 0 aliphatic heterocycles. The molecule has 0 heterocycles. The highest BCUT2D eigenvalue weighted by Crippen LogP contribution is 2.47. The first-order chi connectivity index (χ1) is 5.83. The molecule has 0 aromatic carbocycles. The van der Waals surface area contributed by atoms with Gasteiger partial charge in [-0.25, -0.2) is 0 Å². The Labute approximate surface area is 74.3 Å². The summed E-state index contributed by atoms with van der Waals surface area (Å²) in [5.41, 5.74) is 5.82. The van der Waals surface area contributed by atoms with Gasteiger partial charge in [0.05, 0.1) is 0 Å². The first-order valence-electron chi connectivity index (χ1n) is 4.85. The quantitative estimate of drug-likeness (QED) is 0.477. The van der Waals surface area contributed by atoms with Crippen LogP contribution in [0.25, 0.3) is 0 Å². The van der Waals surface area contributed by atoms with E-state index in [0.29, 0.717) is 12.0 Å². The van der Waals surface area contributed by atoms with Gasteiger partial charge in [0.15, 0.2) is 0 Å². The number of nitrogens with one attached hydrogen (secondary N) is 1. The highest BCUT2D eigenvalue weighted by Gasteiger charge is 2.40. The van der Waals surface area contributed by atoms with Crippen LogP contribution in [0, 0.1) is 5.41 Å². The molecule has 0 bridgehead atoms. The van der Waals surface area contributed by atoms with E-state index in [1.165, 1.54) is 12.8 Å². The fourth-order valence-electron chi connectivity index (χ4n) is 1.51. The molecule has 12 heavy (non-hydrogen) atoms. The van der Waals surface area contributed by atoms with Crippen molar-refractivity contribution in [3.63, 3.8) is 0 Å². The van der Waals surface area contributed by atoms with Crippen LogP contribution in [0.1, 0.15) is 25.7 Å². The molecule has 3 nitrogen and oxygen atoms in total. The fraction of sp³-hybridized carbons (Fsp3) is 1.00. The van der Waals surface area contributed by atoms with Crippen LogP contribution < -0.4 is 11.1 Å². The zero-order valence-electron chi connectivity index (χ0n) is 7.68. The van der Waals surface area contributed by atoms with E-state index in [-0.39, 0.29) is 0 Å². The van der Waals surface area contributed by atoms with Crippen LogP contribution in [-0.4, -0.2) is 31.3 Å². The van der Waals surface area contributed by atoms with Crippen molar-refractivity contribution in [2.45, 2.75) is 25.7 Å². The minimum absolute atomic E-state index is 0.332. The average molecular weight is 172 g/mol. The van der Waals surface area contributed by atoms with Crippen molar-refractivity contribution in [3.8, 4) is 0 Å². The minimum atomic E-state index is 0.332. The van der Waals surface area contributed by atoms with E-state index >= 15 is 0 Å². The minimum Gasteiger partial charge on any atom is -0.396 e. The molecule has 4 N–H and O–H groups in total. The highest BCUT2D eigenvalue weighted by atomic mass is 16.3. The van der Waals surface area contributed by atoms with Gasteiger partial charge in [0.2, 0.25) is 0 Å². The number of aliphatic hydroxyl groups excluding tert-OH is 1. The van der Waals surface area contributed by atoms with Crippen molar-refractivity contribution in [1.82, 2.24) is 5.32 Å². The lowest BCUT2D eigenvalue weighted by Gasteiger charge is -2.13. The third-order valence-electron chi connectivity index (χ3n) is 2.66.